The van der Waals surface area contributed by atoms with Gasteiger partial charge in [-0.2, -0.15) is 0 Å². The Hall–Kier alpha value is -0.420. The van der Waals surface area contributed by atoms with Crippen molar-refractivity contribution in [3.63, 3.8) is 0 Å². The highest BCUT2D eigenvalue weighted by atomic mass is 32.2. The molecule has 0 aliphatic heterocycles. The van der Waals surface area contributed by atoms with Crippen molar-refractivity contribution in [2.75, 3.05) is 18.6 Å². The van der Waals surface area contributed by atoms with Crippen LogP contribution in [0, 0.1) is 17.8 Å². The number of nitrogens with two attached hydrogens (primary N) is 1. The summed E-state index contributed by atoms with van der Waals surface area (Å²) in [6, 6.07) is 0.0639. The molecule has 0 radical (unpaired) electrons. The van der Waals surface area contributed by atoms with Crippen LogP contribution in [-0.4, -0.2) is 34.7 Å². The maximum absolute atomic E-state index is 12.0. The summed E-state index contributed by atoms with van der Waals surface area (Å²) in [5.41, 5.74) is 6.11. The van der Waals surface area contributed by atoms with Gasteiger partial charge in [0.15, 0.2) is 0 Å². The van der Waals surface area contributed by atoms with E-state index in [4.69, 9.17) is 5.73 Å². The molecule has 0 aromatic heterocycles. The normalized spacial score (nSPS) is 37.1. The number of hydrogen-bond donors (Lipinski definition) is 2. The van der Waals surface area contributed by atoms with Gasteiger partial charge in [0.1, 0.15) is 0 Å². The average Bonchev–Trinajstić information content (AvgIpc) is 2.84. The Labute approximate surface area is 105 Å². The van der Waals surface area contributed by atoms with Crippen molar-refractivity contribution in [2.24, 2.45) is 23.5 Å². The van der Waals surface area contributed by atoms with Crippen molar-refractivity contribution >= 4 is 16.7 Å². The summed E-state index contributed by atoms with van der Waals surface area (Å²) in [5, 5.41) is 2.94. The zero-order valence-corrected chi connectivity index (χ0v) is 11.2. The molecule has 2 fully saturated rings. The molecule has 5 atom stereocenters. The molecular weight excluding hydrogens is 236 g/mol. The van der Waals surface area contributed by atoms with Gasteiger partial charge < -0.3 is 11.1 Å². The molecule has 0 saturated heterocycles. The molecule has 0 aromatic carbocycles. The quantitative estimate of drug-likeness (QED) is 0.694. The van der Waals surface area contributed by atoms with Gasteiger partial charge in [0.25, 0.3) is 0 Å². The summed E-state index contributed by atoms with van der Waals surface area (Å²) in [5.74, 6) is 1.88. The smallest absolute Gasteiger partial charge is 0.224 e. The van der Waals surface area contributed by atoms with Gasteiger partial charge in [-0.3, -0.25) is 9.00 Å². The zero-order valence-electron chi connectivity index (χ0n) is 10.4. The van der Waals surface area contributed by atoms with Gasteiger partial charge in [-0.15, -0.1) is 0 Å². The molecule has 0 spiro atoms. The molecule has 5 unspecified atom stereocenters. The van der Waals surface area contributed by atoms with E-state index in [1.807, 2.05) is 0 Å². The Morgan fingerprint density at radius 2 is 2.12 bits per heavy atom. The molecule has 2 bridgehead atoms. The second kappa shape index (κ2) is 5.48. The van der Waals surface area contributed by atoms with Crippen molar-refractivity contribution in [1.29, 1.82) is 0 Å². The van der Waals surface area contributed by atoms with E-state index in [1.54, 1.807) is 6.26 Å². The third-order valence-corrected chi connectivity index (χ3v) is 5.05. The van der Waals surface area contributed by atoms with E-state index >= 15 is 0 Å². The van der Waals surface area contributed by atoms with Crippen LogP contribution in [0.15, 0.2) is 0 Å². The van der Waals surface area contributed by atoms with Crippen LogP contribution in [-0.2, 0) is 15.6 Å². The largest absolute Gasteiger partial charge is 0.356 e. The van der Waals surface area contributed by atoms with E-state index < -0.39 is 10.8 Å². The number of carbonyl (C=O) groups excluding carboxylic acids is 1. The van der Waals surface area contributed by atoms with Gasteiger partial charge in [0.05, 0.1) is 5.92 Å². The lowest BCUT2D eigenvalue weighted by Crippen LogP contribution is -2.45. The van der Waals surface area contributed by atoms with Crippen molar-refractivity contribution in [1.82, 2.24) is 5.32 Å². The van der Waals surface area contributed by atoms with E-state index in [9.17, 15) is 9.00 Å². The van der Waals surface area contributed by atoms with Crippen LogP contribution < -0.4 is 11.1 Å². The van der Waals surface area contributed by atoms with E-state index in [-0.39, 0.29) is 17.9 Å². The molecule has 2 rings (SSSR count). The number of hydrogen-bond acceptors (Lipinski definition) is 3. The summed E-state index contributed by atoms with van der Waals surface area (Å²) in [4.78, 5) is 12.0. The average molecular weight is 258 g/mol. The first kappa shape index (κ1) is 13.0. The Morgan fingerprint density at radius 1 is 1.41 bits per heavy atom. The molecular formula is C12H22N2O2S. The predicted molar refractivity (Wildman–Crippen MR) is 68.9 cm³/mol. The molecule has 5 heteroatoms. The molecule has 2 aliphatic rings. The molecule has 1 amide bonds. The highest BCUT2D eigenvalue weighted by molar-refractivity contribution is 7.84. The zero-order chi connectivity index (χ0) is 12.4. The first-order valence-electron chi connectivity index (χ1n) is 6.43. The molecule has 3 N–H and O–H groups in total. The predicted octanol–water partition coefficient (Wildman–Crippen LogP) is 0.245. The van der Waals surface area contributed by atoms with Crippen molar-refractivity contribution in [2.45, 2.75) is 31.7 Å². The number of rotatable bonds is 5. The summed E-state index contributed by atoms with van der Waals surface area (Å²) < 4.78 is 10.9. The lowest BCUT2D eigenvalue weighted by Gasteiger charge is -2.26. The monoisotopic (exact) mass is 258 g/mol. The Balaban J connectivity index is 1.75. The van der Waals surface area contributed by atoms with E-state index in [0.29, 0.717) is 24.1 Å². The fourth-order valence-corrected chi connectivity index (χ4v) is 3.88. The molecule has 98 valence electrons. The van der Waals surface area contributed by atoms with Crippen LogP contribution in [0.5, 0.6) is 0 Å². The SMILES string of the molecule is CS(=O)CCCNC(=O)C1C2CCC(C2)C1N. The third kappa shape index (κ3) is 2.88. The van der Waals surface area contributed by atoms with Crippen LogP contribution in [0.3, 0.4) is 0 Å². The van der Waals surface area contributed by atoms with Crippen molar-refractivity contribution < 1.29 is 9.00 Å². The first-order chi connectivity index (χ1) is 8.09. The van der Waals surface area contributed by atoms with E-state index in [1.165, 1.54) is 6.42 Å². The Kier molecular flexibility index (Phi) is 4.20. The van der Waals surface area contributed by atoms with Crippen LogP contribution in [0.2, 0.25) is 0 Å². The van der Waals surface area contributed by atoms with Gasteiger partial charge in [-0.25, -0.2) is 0 Å². The molecule has 2 aliphatic carbocycles. The molecule has 2 saturated carbocycles. The van der Waals surface area contributed by atoms with Crippen molar-refractivity contribution in [3.8, 4) is 0 Å². The van der Waals surface area contributed by atoms with Crippen molar-refractivity contribution in [3.05, 3.63) is 0 Å². The van der Waals surface area contributed by atoms with Gasteiger partial charge in [0, 0.05) is 35.4 Å². The van der Waals surface area contributed by atoms with Gasteiger partial charge in [0.2, 0.25) is 5.91 Å². The van der Waals surface area contributed by atoms with E-state index in [0.717, 1.165) is 19.3 Å². The minimum Gasteiger partial charge on any atom is -0.356 e. The lowest BCUT2D eigenvalue weighted by molar-refractivity contribution is -0.127. The lowest BCUT2D eigenvalue weighted by atomic mass is 9.84. The summed E-state index contributed by atoms with van der Waals surface area (Å²) in [6.45, 7) is 0.624. The first-order valence-corrected chi connectivity index (χ1v) is 8.15. The second-order valence-corrected chi connectivity index (χ2v) is 6.91. The maximum atomic E-state index is 12.0. The summed E-state index contributed by atoms with van der Waals surface area (Å²) in [6.07, 6.45) is 5.97. The van der Waals surface area contributed by atoms with Crippen LogP contribution in [0.25, 0.3) is 0 Å². The second-order valence-electron chi connectivity index (χ2n) is 5.36. The molecule has 0 heterocycles. The minimum atomic E-state index is -0.767. The fourth-order valence-electron chi connectivity index (χ4n) is 3.33. The summed E-state index contributed by atoms with van der Waals surface area (Å²) in [7, 11) is -0.767. The Morgan fingerprint density at radius 3 is 2.71 bits per heavy atom. The highest BCUT2D eigenvalue weighted by Crippen LogP contribution is 2.47. The van der Waals surface area contributed by atoms with Gasteiger partial charge in [-0.05, 0) is 37.5 Å². The van der Waals surface area contributed by atoms with Gasteiger partial charge >= 0.3 is 0 Å². The van der Waals surface area contributed by atoms with Crippen LogP contribution in [0.4, 0.5) is 0 Å². The molecule has 0 aromatic rings. The van der Waals surface area contributed by atoms with E-state index in [2.05, 4.69) is 5.32 Å². The number of amides is 1. The molecule has 17 heavy (non-hydrogen) atoms. The van der Waals surface area contributed by atoms with Crippen LogP contribution >= 0.6 is 0 Å². The fraction of sp³-hybridized carbons (Fsp3) is 0.917. The summed E-state index contributed by atoms with van der Waals surface area (Å²) >= 11 is 0. The number of fused-ring (bicyclic) bond motifs is 2. The molecule has 4 nitrogen and oxygen atoms in total. The highest BCUT2D eigenvalue weighted by Gasteiger charge is 2.48. The standard InChI is InChI=1S/C12H22N2O2S/c1-17(16)6-2-5-14-12(15)10-8-3-4-9(7-8)11(10)13/h8-11H,2-7,13H2,1H3,(H,14,15). The third-order valence-electron chi connectivity index (χ3n) is 4.19. The maximum Gasteiger partial charge on any atom is 0.224 e. The number of carbonyl (C=O) groups is 1. The topological polar surface area (TPSA) is 72.2 Å². The van der Waals surface area contributed by atoms with Crippen LogP contribution in [0.1, 0.15) is 25.7 Å². The minimum absolute atomic E-state index is 0.0286. The Bertz CT molecular complexity index is 320. The van der Waals surface area contributed by atoms with Gasteiger partial charge in [-0.1, -0.05) is 0 Å². The number of nitrogens with one attached hydrogen (secondary N) is 1.